The number of benzene rings is 1. The molecule has 0 aromatic heterocycles. The van der Waals surface area contributed by atoms with Crippen LogP contribution in [0.3, 0.4) is 0 Å². The Morgan fingerprint density at radius 1 is 1.12 bits per heavy atom. The van der Waals surface area contributed by atoms with Crippen LogP contribution in [0.5, 0.6) is 5.75 Å². The molecule has 90 valence electrons. The van der Waals surface area contributed by atoms with Gasteiger partial charge in [0, 0.05) is 23.6 Å². The van der Waals surface area contributed by atoms with E-state index in [9.17, 15) is 17.6 Å². The summed E-state index contributed by atoms with van der Waals surface area (Å²) in [4.78, 5) is 0. The van der Waals surface area contributed by atoms with E-state index in [1.807, 2.05) is 0 Å². The summed E-state index contributed by atoms with van der Waals surface area (Å²) in [5.41, 5.74) is 0.288. The lowest BCUT2D eigenvalue weighted by atomic mass is 10.3. The van der Waals surface area contributed by atoms with Crippen molar-refractivity contribution in [3.05, 3.63) is 24.3 Å². The highest BCUT2D eigenvalue weighted by molar-refractivity contribution is 6.49. The van der Waals surface area contributed by atoms with Gasteiger partial charge in [0.1, 0.15) is 5.75 Å². The summed E-state index contributed by atoms with van der Waals surface area (Å²) in [6.45, 7) is 0. The zero-order valence-electron chi connectivity index (χ0n) is 7.51. The first kappa shape index (κ1) is 13.2. The number of nitrogens with zero attached hydrogens (tertiary/aromatic N) is 1. The molecule has 0 radical (unpaired) electrons. The predicted octanol–water partition coefficient (Wildman–Crippen LogP) is 4.04. The van der Waals surface area contributed by atoms with Gasteiger partial charge in [-0.15, -0.1) is 0 Å². The predicted molar refractivity (Wildman–Crippen MR) is 52.2 cm³/mol. The smallest absolute Gasteiger partial charge is 0.428 e. The molecule has 0 aliphatic carbocycles. The van der Waals surface area contributed by atoms with Crippen LogP contribution < -0.4 is 8.67 Å². The number of hydrogen-bond donors (Lipinski definition) is 0. The Morgan fingerprint density at radius 2 is 1.62 bits per heavy atom. The average molecular weight is 278 g/mol. The average Bonchev–Trinajstić information content (AvgIpc) is 2.17. The van der Waals surface area contributed by atoms with Crippen LogP contribution in [0.15, 0.2) is 24.3 Å². The van der Waals surface area contributed by atoms with Crippen molar-refractivity contribution in [1.29, 1.82) is 0 Å². The molecule has 0 aliphatic heterocycles. The van der Waals surface area contributed by atoms with Gasteiger partial charge in [0.2, 0.25) is 0 Å². The maximum Gasteiger partial charge on any atom is 0.461 e. The molecule has 0 bridgehead atoms. The van der Waals surface area contributed by atoms with E-state index in [0.717, 1.165) is 12.1 Å². The molecular weight excluding hydrogens is 273 g/mol. The molecule has 0 spiro atoms. The van der Waals surface area contributed by atoms with Gasteiger partial charge >= 0.3 is 12.5 Å². The van der Waals surface area contributed by atoms with Gasteiger partial charge in [-0.2, -0.15) is 21.5 Å². The van der Waals surface area contributed by atoms with Crippen LogP contribution in [0.4, 0.5) is 23.2 Å². The Kier molecular flexibility index (Phi) is 4.09. The van der Waals surface area contributed by atoms with E-state index in [2.05, 4.69) is 4.74 Å². The summed E-state index contributed by atoms with van der Waals surface area (Å²) in [6, 6.07) is 4.56. The Morgan fingerprint density at radius 3 is 2.00 bits per heavy atom. The molecule has 0 aliphatic rings. The van der Waals surface area contributed by atoms with Crippen LogP contribution in [0.2, 0.25) is 0 Å². The number of halogens is 6. The summed E-state index contributed by atoms with van der Waals surface area (Å²) in [5.74, 6) is -0.413. The van der Waals surface area contributed by atoms with Crippen molar-refractivity contribution in [3.8, 4) is 5.75 Å². The van der Waals surface area contributed by atoms with Gasteiger partial charge in [-0.1, -0.05) is 0 Å². The van der Waals surface area contributed by atoms with Crippen LogP contribution in [-0.2, 0) is 0 Å². The molecule has 0 fully saturated rings. The Bertz CT molecular complexity index is 344. The number of rotatable bonds is 4. The van der Waals surface area contributed by atoms with Gasteiger partial charge < -0.3 is 4.74 Å². The molecule has 2 nitrogen and oxygen atoms in total. The molecule has 0 heterocycles. The van der Waals surface area contributed by atoms with Gasteiger partial charge in [-0.3, -0.25) is 0 Å². The quantitative estimate of drug-likeness (QED) is 0.608. The van der Waals surface area contributed by atoms with Gasteiger partial charge in [-0.05, 0) is 24.3 Å². The first-order chi connectivity index (χ1) is 7.33. The second-order valence-corrected chi connectivity index (χ2v) is 3.54. The van der Waals surface area contributed by atoms with Crippen molar-refractivity contribution in [2.24, 2.45) is 0 Å². The van der Waals surface area contributed by atoms with E-state index in [0.29, 0.717) is 3.94 Å². The monoisotopic (exact) mass is 277 g/mol. The molecule has 1 rings (SSSR count). The fraction of sp³-hybridized carbons (Fsp3) is 0.250. The van der Waals surface area contributed by atoms with Gasteiger partial charge in [-0.25, -0.2) is 0 Å². The molecule has 0 amide bonds. The lowest BCUT2D eigenvalue weighted by molar-refractivity contribution is -0.253. The first-order valence-corrected chi connectivity index (χ1v) is 4.57. The van der Waals surface area contributed by atoms with Crippen molar-refractivity contribution in [2.75, 3.05) is 3.94 Å². The molecule has 1 aromatic rings. The zero-order chi connectivity index (χ0) is 12.3. The first-order valence-electron chi connectivity index (χ1n) is 3.89. The van der Waals surface area contributed by atoms with E-state index in [-0.39, 0.29) is 5.69 Å². The van der Waals surface area contributed by atoms with E-state index in [1.54, 1.807) is 0 Å². The van der Waals surface area contributed by atoms with Crippen LogP contribution in [0.1, 0.15) is 0 Å². The number of ether oxygens (including phenoxy) is 1. The SMILES string of the molecule is FC(F)C(F)(F)Oc1ccc(N(Cl)Cl)cc1. The highest BCUT2D eigenvalue weighted by Gasteiger charge is 2.43. The highest BCUT2D eigenvalue weighted by Crippen LogP contribution is 2.29. The van der Waals surface area contributed by atoms with Crippen molar-refractivity contribution < 1.29 is 22.3 Å². The Balaban J connectivity index is 2.76. The van der Waals surface area contributed by atoms with Crippen molar-refractivity contribution in [2.45, 2.75) is 12.5 Å². The largest absolute Gasteiger partial charge is 0.461 e. The number of anilines is 1. The summed E-state index contributed by atoms with van der Waals surface area (Å²) < 4.78 is 53.0. The maximum absolute atomic E-state index is 12.5. The molecule has 0 saturated heterocycles. The summed E-state index contributed by atoms with van der Waals surface area (Å²) in [6.07, 6.45) is -8.42. The number of alkyl halides is 4. The van der Waals surface area contributed by atoms with Gasteiger partial charge in [0.05, 0.1) is 5.69 Å². The Labute approximate surface area is 98.5 Å². The molecule has 8 heteroatoms. The van der Waals surface area contributed by atoms with Gasteiger partial charge in [0.15, 0.2) is 0 Å². The van der Waals surface area contributed by atoms with Crippen molar-refractivity contribution in [1.82, 2.24) is 0 Å². The van der Waals surface area contributed by atoms with Crippen LogP contribution in [0.25, 0.3) is 0 Å². The van der Waals surface area contributed by atoms with E-state index < -0.39 is 18.3 Å². The molecule has 1 aromatic carbocycles. The third-order valence-electron chi connectivity index (χ3n) is 1.54. The van der Waals surface area contributed by atoms with Crippen molar-refractivity contribution in [3.63, 3.8) is 0 Å². The lowest BCUT2D eigenvalue weighted by Gasteiger charge is -2.17. The molecular formula is C8H5Cl2F4NO. The second kappa shape index (κ2) is 4.97. The summed E-state index contributed by atoms with van der Waals surface area (Å²) in [7, 11) is 0. The second-order valence-electron chi connectivity index (χ2n) is 2.69. The molecule has 0 unspecified atom stereocenters. The molecule has 0 saturated carbocycles. The minimum atomic E-state index is -4.52. The maximum atomic E-state index is 12.5. The third-order valence-corrected chi connectivity index (χ3v) is 1.93. The Hall–Kier alpha value is -0.880. The van der Waals surface area contributed by atoms with E-state index in [1.165, 1.54) is 12.1 Å². The van der Waals surface area contributed by atoms with Crippen LogP contribution in [0, 0.1) is 0 Å². The summed E-state index contributed by atoms with van der Waals surface area (Å²) in [5, 5.41) is 0. The van der Waals surface area contributed by atoms with Crippen LogP contribution >= 0.6 is 23.6 Å². The highest BCUT2D eigenvalue weighted by atomic mass is 35.5. The van der Waals surface area contributed by atoms with E-state index in [4.69, 9.17) is 23.6 Å². The molecule has 0 atom stereocenters. The number of hydrogen-bond acceptors (Lipinski definition) is 2. The molecule has 0 N–H and O–H groups in total. The zero-order valence-corrected chi connectivity index (χ0v) is 9.02. The lowest BCUT2D eigenvalue weighted by Crippen LogP contribution is -2.33. The van der Waals surface area contributed by atoms with Crippen molar-refractivity contribution >= 4 is 29.2 Å². The topological polar surface area (TPSA) is 12.5 Å². The summed E-state index contributed by atoms with van der Waals surface area (Å²) >= 11 is 10.7. The van der Waals surface area contributed by atoms with Crippen LogP contribution in [-0.4, -0.2) is 12.5 Å². The molecule has 16 heavy (non-hydrogen) atoms. The van der Waals surface area contributed by atoms with Gasteiger partial charge in [0.25, 0.3) is 0 Å². The fourth-order valence-corrected chi connectivity index (χ4v) is 1.05. The normalized spacial score (nSPS) is 11.7. The third kappa shape index (κ3) is 3.31. The van der Waals surface area contributed by atoms with E-state index >= 15 is 0 Å². The minimum absolute atomic E-state index is 0.288. The fourth-order valence-electron chi connectivity index (χ4n) is 0.829. The standard InChI is InChI=1S/C8H5Cl2F4NO/c9-15(10)5-1-3-6(4-2-5)16-8(13,14)7(11)12/h1-4,7H. The minimum Gasteiger partial charge on any atom is -0.428 e.